The number of halogens is 2. The highest BCUT2D eigenvalue weighted by Crippen LogP contribution is 2.49. The number of hydrogen-bond donors (Lipinski definition) is 2. The number of nitrogens with one attached hydrogen (secondary N) is 1. The lowest BCUT2D eigenvalue weighted by atomic mass is 9.75. The van der Waals surface area contributed by atoms with E-state index in [4.69, 9.17) is 14.0 Å². The molecule has 5 heterocycles. The second-order valence-corrected chi connectivity index (χ2v) is 32.6. The Bertz CT molecular complexity index is 4950. The number of likely N-dealkylation sites (tertiary alicyclic amines) is 1. The summed E-state index contributed by atoms with van der Waals surface area (Å²) < 4.78 is 142. The topological polar surface area (TPSA) is 366 Å². The van der Waals surface area contributed by atoms with Crippen LogP contribution in [0.15, 0.2) is 147 Å². The van der Waals surface area contributed by atoms with Crippen molar-refractivity contribution in [2.24, 2.45) is 22.7 Å². The molecule has 0 saturated carbocycles. The van der Waals surface area contributed by atoms with Crippen molar-refractivity contribution in [1.82, 2.24) is 10.2 Å². The molecule has 4 unspecified atom stereocenters. The van der Waals surface area contributed by atoms with Gasteiger partial charge in [-0.05, 0) is 129 Å². The third kappa shape index (κ3) is 18.7. The van der Waals surface area contributed by atoms with Crippen LogP contribution in [0, 0.1) is 41.2 Å². The van der Waals surface area contributed by atoms with Crippen LogP contribution in [0.1, 0.15) is 129 Å². The number of allylic oxidation sites excluding steroid dienone is 8. The second kappa shape index (κ2) is 32.3. The smallest absolute Gasteiger partial charge is 0.373 e. The highest BCUT2D eigenvalue weighted by molar-refractivity contribution is 7.86. The fraction of sp³-hybridized carbons (Fsp3) is 0.387. The summed E-state index contributed by atoms with van der Waals surface area (Å²) in [7, 11) is -13.8. The van der Waals surface area contributed by atoms with Gasteiger partial charge in [-0.2, -0.15) is 14.2 Å². The fourth-order valence-electron chi connectivity index (χ4n) is 13.7. The highest BCUT2D eigenvalue weighted by Gasteiger charge is 2.48. The van der Waals surface area contributed by atoms with Gasteiger partial charge in [0.05, 0.1) is 48.1 Å². The van der Waals surface area contributed by atoms with Gasteiger partial charge in [-0.3, -0.25) is 38.6 Å². The number of benzene rings is 5. The number of nitrogens with zero attached hydrogens (tertiary/aromatic N) is 4. The molecule has 2 saturated heterocycles. The van der Waals surface area contributed by atoms with Gasteiger partial charge >= 0.3 is 6.15 Å². The van der Waals surface area contributed by atoms with Crippen LogP contribution in [0.25, 0.3) is 33.4 Å². The third-order valence-corrected chi connectivity index (χ3v) is 21.3. The van der Waals surface area contributed by atoms with Crippen molar-refractivity contribution in [1.29, 1.82) is 0 Å². The summed E-state index contributed by atoms with van der Waals surface area (Å²) in [6.07, 6.45) is 14.4. The first-order valence-corrected chi connectivity index (χ1v) is 38.1. The van der Waals surface area contributed by atoms with Crippen LogP contribution in [0.4, 0.5) is 25.8 Å². The summed E-state index contributed by atoms with van der Waals surface area (Å²) in [6.45, 7) is 18.3. The third-order valence-electron chi connectivity index (χ3n) is 18.9. The summed E-state index contributed by atoms with van der Waals surface area (Å²) in [5, 5.41) is 12.8. The van der Waals surface area contributed by atoms with Crippen LogP contribution in [-0.4, -0.2) is 133 Å². The normalized spacial score (nSPS) is 19.1. The molecule has 0 spiro atoms. The van der Waals surface area contributed by atoms with Gasteiger partial charge in [0.1, 0.15) is 28.0 Å². The number of fused-ring (bicyclic) bond motifs is 4. The number of carbonyl (C=O) groups is 5. The lowest BCUT2D eigenvalue weighted by Crippen LogP contribution is -2.39. The van der Waals surface area contributed by atoms with Crippen molar-refractivity contribution in [2.75, 3.05) is 47.5 Å². The van der Waals surface area contributed by atoms with E-state index in [2.05, 4.69) is 16.0 Å². The predicted molar refractivity (Wildman–Crippen MR) is 379 cm³/mol. The van der Waals surface area contributed by atoms with Crippen molar-refractivity contribution < 1.29 is 95.4 Å². The maximum Gasteiger partial charge on any atom is 0.373 e. The zero-order chi connectivity index (χ0) is 76.8. The van der Waals surface area contributed by atoms with Gasteiger partial charge in [0.25, 0.3) is 0 Å². The van der Waals surface area contributed by atoms with E-state index in [0.29, 0.717) is 59.6 Å². The summed E-state index contributed by atoms with van der Waals surface area (Å²) >= 11 is 0. The van der Waals surface area contributed by atoms with Crippen LogP contribution in [0.2, 0.25) is 0 Å². The Hall–Kier alpha value is -9.48. The quantitative estimate of drug-likeness (QED) is 0.0198. The molecule has 0 bridgehead atoms. The summed E-state index contributed by atoms with van der Waals surface area (Å²) in [6, 6.07) is 20.7. The van der Waals surface area contributed by atoms with E-state index in [1.807, 2.05) is 92.7 Å². The molecule has 554 valence electrons. The number of phenols is 1. The Labute approximate surface area is 602 Å². The number of anilines is 2. The van der Waals surface area contributed by atoms with Crippen LogP contribution < -0.4 is 20.5 Å². The van der Waals surface area contributed by atoms with Crippen LogP contribution in [0.5, 0.6) is 5.75 Å². The van der Waals surface area contributed by atoms with E-state index in [1.165, 1.54) is 23.1 Å². The standard InChI is InChI=1S/C47H62N4O12S3.C27H21F2NO5.CO2/c1-7-49-41-22-20-33(2)30-37(41)47(6,24-14-28-64(55,56)57)42(49)18-12-10-8-9-11-17-39-35(16-13-19-43(52)48-25-27-51-44(53)32-38(45(51)54)46(3,4)5)36-31-34(66(61,62)63)21-23-40(36)50(39)26-15-29-65(58,59)60;1-27(2,3)17-10-24(33)30(26(17)34)14-6-4-13(5-7-14)25-15-8-18(28)20(31)11-22(15)35-23-12-21(32)19(29)9-16(23)25;2-1-3/h8-12,17-18,20-23,30-31,35,38H,7,13-16,19,24-29,32H2,1-6H3,(H3-,48,52,55,56,57,58,59,60,61,62,63);4-9,11-12,17,31H,10H2,1-3H3;/p-2. The number of amides is 5. The van der Waals surface area contributed by atoms with Gasteiger partial charge in [-0.15, -0.1) is 0 Å². The van der Waals surface area contributed by atoms with Crippen LogP contribution in [-0.2, 0) is 69.3 Å². The minimum absolute atomic E-state index is 0.0394. The number of rotatable bonds is 23. The molecule has 10 rings (SSSR count). The molecule has 5 aliphatic heterocycles. The van der Waals surface area contributed by atoms with E-state index in [0.717, 1.165) is 51.7 Å². The molecule has 0 aromatic heterocycles. The Morgan fingerprint density at radius 2 is 1.38 bits per heavy atom. The van der Waals surface area contributed by atoms with Crippen molar-refractivity contribution in [3.05, 3.63) is 172 Å². The van der Waals surface area contributed by atoms with Crippen LogP contribution in [0.3, 0.4) is 0 Å². The van der Waals surface area contributed by atoms with Crippen molar-refractivity contribution in [3.63, 3.8) is 0 Å². The molecule has 2 N–H and O–H groups in total. The molecular weight excluding hydrogens is 1410 g/mol. The number of imide groups is 2. The zero-order valence-corrected chi connectivity index (χ0v) is 61.3. The molecular formula is C75H81F2N5O19S3-2. The predicted octanol–water partition coefficient (Wildman–Crippen LogP) is 10.3. The molecule has 1 aliphatic carbocycles. The average molecular weight is 1490 g/mol. The van der Waals surface area contributed by atoms with Gasteiger partial charge < -0.3 is 33.4 Å². The molecule has 0 radical (unpaired) electrons. The molecule has 24 nitrogen and oxygen atoms in total. The second-order valence-electron chi connectivity index (χ2n) is 28.2. The maximum absolute atomic E-state index is 14.3. The van der Waals surface area contributed by atoms with Crippen molar-refractivity contribution in [3.8, 4) is 28.2 Å². The lowest BCUT2D eigenvalue weighted by Gasteiger charge is -2.25. The number of hydrogen-bond acceptors (Lipinski definition) is 20. The van der Waals surface area contributed by atoms with E-state index in [1.54, 1.807) is 53.5 Å². The molecule has 4 aromatic carbocycles. The van der Waals surface area contributed by atoms with E-state index < -0.39 is 92.7 Å². The molecule has 6 aliphatic rings. The largest absolute Gasteiger partial charge is 0.748 e. The Morgan fingerprint density at radius 3 is 1.99 bits per heavy atom. The molecule has 4 atom stereocenters. The Balaban J connectivity index is 0.000000299. The van der Waals surface area contributed by atoms with Gasteiger partial charge in [-0.1, -0.05) is 95.7 Å². The molecule has 2 fully saturated rings. The fourth-order valence-corrected chi connectivity index (χ4v) is 15.2. The first kappa shape index (κ1) is 80.2. The molecule has 5 amide bonds. The summed E-state index contributed by atoms with van der Waals surface area (Å²) in [5.74, 6) is -6.42. The SMILES string of the molecule is CC(C)(C)C1CC(=O)N(c2ccc(-c3c4cc(F)c(=O)cc-4oc4cc(O)c(F)cc34)cc2)C1=O.CC[N+]1=C(/C=C/C=C/C=C/C=C2\C(CCCC(=O)NCCN3C(=O)CC(C(C)(C)C)C3=O)c3cc(S(=O)(=O)[O-])ccc3N2CCCS(=O)(=O)[O-])C(C)(CCCS(=O)(=O)[O-])c2cc(C)ccc21.O=C=O. The molecule has 104 heavy (non-hydrogen) atoms. The first-order chi connectivity index (χ1) is 48.6. The highest BCUT2D eigenvalue weighted by atomic mass is 32.2. The van der Waals surface area contributed by atoms with Gasteiger partial charge in [0.15, 0.2) is 23.1 Å². The summed E-state index contributed by atoms with van der Waals surface area (Å²) in [4.78, 5) is 95.9. The zero-order valence-electron chi connectivity index (χ0n) is 58.8. The average Bonchev–Trinajstić information content (AvgIpc) is 1.09. The van der Waals surface area contributed by atoms with Crippen molar-refractivity contribution >= 4 is 99.8 Å². The van der Waals surface area contributed by atoms with E-state index >= 15 is 0 Å². The van der Waals surface area contributed by atoms with Crippen molar-refractivity contribution in [2.45, 2.75) is 130 Å². The molecule has 29 heteroatoms. The van der Waals surface area contributed by atoms with Gasteiger partial charge in [0.2, 0.25) is 40.7 Å². The van der Waals surface area contributed by atoms with Gasteiger partial charge in [0, 0.05) is 114 Å². The Kier molecular flexibility index (Phi) is 24.9. The maximum atomic E-state index is 14.3. The monoisotopic (exact) mass is 1490 g/mol. The minimum Gasteiger partial charge on any atom is -0.748 e. The van der Waals surface area contributed by atoms with Crippen LogP contribution >= 0.6 is 0 Å². The molecule has 4 aromatic rings. The number of carbonyl (C=O) groups excluding carboxylic acids is 7. The number of aryl methyl sites for hydroxylation is 1. The number of phenolic OH excluding ortho intramolecular Hbond substituents is 1. The Morgan fingerprint density at radius 1 is 0.750 bits per heavy atom. The lowest BCUT2D eigenvalue weighted by molar-refractivity contribution is -0.433. The minimum atomic E-state index is -4.86. The van der Waals surface area contributed by atoms with E-state index in [-0.39, 0.29) is 121 Å². The number of aromatic hydroxyl groups is 1. The van der Waals surface area contributed by atoms with E-state index in [9.17, 15) is 81.6 Å². The summed E-state index contributed by atoms with van der Waals surface area (Å²) in [5.41, 5.74) is 5.10. The van der Waals surface area contributed by atoms with Gasteiger partial charge in [-0.25, -0.2) is 34.0 Å². The first-order valence-electron chi connectivity index (χ1n) is 33.5.